The lowest BCUT2D eigenvalue weighted by Crippen LogP contribution is -2.40. The quantitative estimate of drug-likeness (QED) is 0.373. The van der Waals surface area contributed by atoms with Crippen molar-refractivity contribution < 1.29 is 18.7 Å². The molecule has 0 saturated carbocycles. The molecule has 3 rings (SSSR count). The molecule has 1 aromatic heterocycles. The van der Waals surface area contributed by atoms with Crippen molar-refractivity contribution in [2.24, 2.45) is 0 Å². The molecule has 1 amide bonds. The molecule has 0 aliphatic rings. The summed E-state index contributed by atoms with van der Waals surface area (Å²) in [5.74, 6) is 2.39. The molecule has 0 bridgehead atoms. The number of rotatable bonds is 10. The van der Waals surface area contributed by atoms with E-state index in [1.54, 1.807) is 32.2 Å². The van der Waals surface area contributed by atoms with Gasteiger partial charge < -0.3 is 18.8 Å². The fourth-order valence-corrected chi connectivity index (χ4v) is 3.83. The van der Waals surface area contributed by atoms with Crippen molar-refractivity contribution in [3.8, 4) is 11.5 Å². The first-order valence-corrected chi connectivity index (χ1v) is 12.0. The number of nitrogens with zero attached hydrogens (tertiary/aromatic N) is 2. The van der Waals surface area contributed by atoms with E-state index >= 15 is 0 Å². The predicted molar refractivity (Wildman–Crippen MR) is 139 cm³/mol. The molecule has 0 aliphatic heterocycles. The molecule has 35 heavy (non-hydrogen) atoms. The fraction of sp³-hybridized carbons (Fsp3) is 0.414. The highest BCUT2D eigenvalue weighted by molar-refractivity contribution is 5.91. The normalized spacial score (nSPS) is 11.5. The standard InChI is InChI=1S/C29H38N2O4/c1-21-8-10-23(11-9-21)19-31(29(2,3)4)20-24-13-15-26(35-24)28(32)30(5)17-16-22-12-14-25(33-6)27(18-22)34-7/h8-15,18H,16-17,19-20H2,1-7H3. The van der Waals surface area contributed by atoms with Gasteiger partial charge >= 0.3 is 0 Å². The van der Waals surface area contributed by atoms with E-state index in [4.69, 9.17) is 13.9 Å². The third-order valence-corrected chi connectivity index (χ3v) is 6.19. The summed E-state index contributed by atoms with van der Waals surface area (Å²) in [6.07, 6.45) is 0.699. The third-order valence-electron chi connectivity index (χ3n) is 6.19. The van der Waals surface area contributed by atoms with Gasteiger partial charge in [0.05, 0.1) is 20.8 Å². The average molecular weight is 479 g/mol. The SMILES string of the molecule is COc1ccc(CCN(C)C(=O)c2ccc(CN(Cc3ccc(C)cc3)C(C)(C)C)o2)cc1OC. The monoisotopic (exact) mass is 478 g/mol. The van der Waals surface area contributed by atoms with Gasteiger partial charge in [-0.05, 0) is 69.5 Å². The lowest BCUT2D eigenvalue weighted by molar-refractivity contribution is 0.0753. The molecular formula is C29H38N2O4. The molecule has 2 aromatic carbocycles. The molecule has 1 heterocycles. The number of methoxy groups -OCH3 is 2. The fourth-order valence-electron chi connectivity index (χ4n) is 3.83. The topological polar surface area (TPSA) is 55.2 Å². The van der Waals surface area contributed by atoms with Crippen molar-refractivity contribution in [3.05, 3.63) is 82.8 Å². The van der Waals surface area contributed by atoms with E-state index < -0.39 is 0 Å². The highest BCUT2D eigenvalue weighted by atomic mass is 16.5. The van der Waals surface area contributed by atoms with Gasteiger partial charge in [0.15, 0.2) is 17.3 Å². The third kappa shape index (κ3) is 7.12. The number of ether oxygens (including phenoxy) is 2. The van der Waals surface area contributed by atoms with Crippen molar-refractivity contribution in [1.29, 1.82) is 0 Å². The van der Waals surface area contributed by atoms with E-state index in [1.165, 1.54) is 11.1 Å². The first kappa shape index (κ1) is 26.4. The minimum atomic E-state index is -0.127. The molecule has 0 saturated heterocycles. The number of carbonyl (C=O) groups is 1. The number of likely N-dealkylation sites (N-methyl/N-ethyl adjacent to an activating group) is 1. The van der Waals surface area contributed by atoms with Crippen LogP contribution in [0.3, 0.4) is 0 Å². The Kier molecular flexibility index (Phi) is 8.62. The van der Waals surface area contributed by atoms with Gasteiger partial charge in [0.1, 0.15) is 5.76 Å². The number of benzene rings is 2. The van der Waals surface area contributed by atoms with Crippen LogP contribution >= 0.6 is 0 Å². The zero-order valence-electron chi connectivity index (χ0n) is 22.1. The first-order valence-electron chi connectivity index (χ1n) is 12.0. The van der Waals surface area contributed by atoms with Gasteiger partial charge in [-0.3, -0.25) is 9.69 Å². The smallest absolute Gasteiger partial charge is 0.289 e. The Labute approximate surface area is 209 Å². The highest BCUT2D eigenvalue weighted by Gasteiger charge is 2.24. The zero-order valence-corrected chi connectivity index (χ0v) is 22.1. The largest absolute Gasteiger partial charge is 0.493 e. The number of hydrogen-bond donors (Lipinski definition) is 0. The van der Waals surface area contributed by atoms with Crippen LogP contribution in [0.5, 0.6) is 11.5 Å². The summed E-state index contributed by atoms with van der Waals surface area (Å²) >= 11 is 0. The maximum Gasteiger partial charge on any atom is 0.289 e. The van der Waals surface area contributed by atoms with Crippen LogP contribution in [0.25, 0.3) is 0 Å². The van der Waals surface area contributed by atoms with Crippen molar-refractivity contribution >= 4 is 5.91 Å². The Morgan fingerprint density at radius 2 is 1.54 bits per heavy atom. The number of carbonyl (C=O) groups excluding carboxylic acids is 1. The molecule has 0 spiro atoms. The van der Waals surface area contributed by atoms with Crippen LogP contribution < -0.4 is 9.47 Å². The molecule has 0 unspecified atom stereocenters. The van der Waals surface area contributed by atoms with Crippen LogP contribution in [0, 0.1) is 6.92 Å². The molecule has 3 aromatic rings. The van der Waals surface area contributed by atoms with Crippen LogP contribution in [0.4, 0.5) is 0 Å². The molecule has 0 N–H and O–H groups in total. The first-order chi connectivity index (χ1) is 16.6. The van der Waals surface area contributed by atoms with Crippen molar-refractivity contribution in [1.82, 2.24) is 9.80 Å². The summed E-state index contributed by atoms with van der Waals surface area (Å²) in [6.45, 7) is 10.7. The van der Waals surface area contributed by atoms with Crippen molar-refractivity contribution in [2.75, 3.05) is 27.8 Å². The minimum absolute atomic E-state index is 0.0575. The van der Waals surface area contributed by atoms with Gasteiger partial charge in [0.25, 0.3) is 5.91 Å². The van der Waals surface area contributed by atoms with E-state index in [1.807, 2.05) is 24.3 Å². The Hall–Kier alpha value is -3.25. The van der Waals surface area contributed by atoms with Crippen LogP contribution in [-0.4, -0.2) is 49.1 Å². The van der Waals surface area contributed by atoms with E-state index in [0.29, 0.717) is 36.8 Å². The Morgan fingerprint density at radius 3 is 2.17 bits per heavy atom. The van der Waals surface area contributed by atoms with Gasteiger partial charge in [0.2, 0.25) is 0 Å². The summed E-state index contributed by atoms with van der Waals surface area (Å²) in [7, 11) is 5.03. The number of amides is 1. The second kappa shape index (κ2) is 11.5. The molecule has 6 nitrogen and oxygen atoms in total. The highest BCUT2D eigenvalue weighted by Crippen LogP contribution is 2.28. The molecule has 0 fully saturated rings. The predicted octanol–water partition coefficient (Wildman–Crippen LogP) is 5.72. The van der Waals surface area contributed by atoms with E-state index in [2.05, 4.69) is 56.9 Å². The summed E-state index contributed by atoms with van der Waals surface area (Å²) < 4.78 is 16.7. The van der Waals surface area contributed by atoms with Gasteiger partial charge in [0, 0.05) is 25.7 Å². The lowest BCUT2D eigenvalue weighted by atomic mass is 10.0. The van der Waals surface area contributed by atoms with Crippen LogP contribution in [0.15, 0.2) is 59.0 Å². The van der Waals surface area contributed by atoms with E-state index in [-0.39, 0.29) is 11.4 Å². The van der Waals surface area contributed by atoms with Gasteiger partial charge in [-0.1, -0.05) is 35.9 Å². The Morgan fingerprint density at radius 1 is 0.886 bits per heavy atom. The molecule has 188 valence electrons. The molecule has 0 radical (unpaired) electrons. The second-order valence-electron chi connectivity index (χ2n) is 9.94. The van der Waals surface area contributed by atoms with Crippen LogP contribution in [0.2, 0.25) is 0 Å². The maximum absolute atomic E-state index is 13.0. The van der Waals surface area contributed by atoms with Crippen molar-refractivity contribution in [3.63, 3.8) is 0 Å². The average Bonchev–Trinajstić information content (AvgIpc) is 3.30. The Balaban J connectivity index is 1.62. The zero-order chi connectivity index (χ0) is 25.6. The molecule has 0 atom stereocenters. The molecule has 6 heteroatoms. The second-order valence-corrected chi connectivity index (χ2v) is 9.94. The molecule has 0 aliphatic carbocycles. The van der Waals surface area contributed by atoms with Crippen molar-refractivity contribution in [2.45, 2.75) is 52.7 Å². The Bertz CT molecular complexity index is 1110. The summed E-state index contributed by atoms with van der Waals surface area (Å²) in [4.78, 5) is 17.0. The van der Waals surface area contributed by atoms with Gasteiger partial charge in [-0.15, -0.1) is 0 Å². The van der Waals surface area contributed by atoms with E-state index in [9.17, 15) is 4.79 Å². The van der Waals surface area contributed by atoms with Gasteiger partial charge in [-0.25, -0.2) is 0 Å². The maximum atomic E-state index is 13.0. The van der Waals surface area contributed by atoms with E-state index in [0.717, 1.165) is 17.9 Å². The summed E-state index contributed by atoms with van der Waals surface area (Å²) in [5.41, 5.74) is 3.51. The number of furan rings is 1. The summed E-state index contributed by atoms with van der Waals surface area (Å²) in [5, 5.41) is 0. The number of hydrogen-bond acceptors (Lipinski definition) is 5. The molecular weight excluding hydrogens is 440 g/mol. The number of aryl methyl sites for hydroxylation is 1. The lowest BCUT2D eigenvalue weighted by Gasteiger charge is -2.35. The van der Waals surface area contributed by atoms with Crippen LogP contribution in [-0.2, 0) is 19.5 Å². The minimum Gasteiger partial charge on any atom is -0.493 e. The van der Waals surface area contributed by atoms with Gasteiger partial charge in [-0.2, -0.15) is 0 Å². The summed E-state index contributed by atoms with van der Waals surface area (Å²) in [6, 6.07) is 18.1. The van der Waals surface area contributed by atoms with Crippen LogP contribution in [0.1, 0.15) is 53.8 Å².